The van der Waals surface area contributed by atoms with E-state index in [1.807, 2.05) is 0 Å². The highest BCUT2D eigenvalue weighted by atomic mass is 14.6. The van der Waals surface area contributed by atoms with Crippen molar-refractivity contribution in [1.82, 2.24) is 0 Å². The molecule has 0 bridgehead atoms. The maximum Gasteiger partial charge on any atom is -0.00205 e. The SMILES string of the molecule is CC(C)(C)CCC1(CN)CCCC1. The molecule has 1 aliphatic rings. The third-order valence-corrected chi connectivity index (χ3v) is 3.50. The molecule has 1 heteroatoms. The smallest absolute Gasteiger partial charge is 0.00205 e. The lowest BCUT2D eigenvalue weighted by Crippen LogP contribution is -2.28. The van der Waals surface area contributed by atoms with E-state index in [2.05, 4.69) is 20.8 Å². The van der Waals surface area contributed by atoms with E-state index < -0.39 is 0 Å². The average Bonchev–Trinajstić information content (AvgIpc) is 2.49. The van der Waals surface area contributed by atoms with Gasteiger partial charge in [-0.3, -0.25) is 0 Å². The summed E-state index contributed by atoms with van der Waals surface area (Å²) in [5.41, 5.74) is 6.90. The standard InChI is InChI=1S/C12H25N/c1-11(2,3)8-9-12(10-13)6-4-5-7-12/h4-10,13H2,1-3H3. The van der Waals surface area contributed by atoms with Gasteiger partial charge in [-0.1, -0.05) is 33.6 Å². The Hall–Kier alpha value is -0.0400. The minimum absolute atomic E-state index is 0.477. The van der Waals surface area contributed by atoms with Crippen LogP contribution in [0.15, 0.2) is 0 Å². The molecule has 1 rings (SSSR count). The third-order valence-electron chi connectivity index (χ3n) is 3.50. The van der Waals surface area contributed by atoms with Crippen LogP contribution in [-0.4, -0.2) is 6.54 Å². The first-order valence-electron chi connectivity index (χ1n) is 5.68. The molecule has 0 spiro atoms. The Bertz CT molecular complexity index is 149. The molecule has 0 heterocycles. The number of hydrogen-bond acceptors (Lipinski definition) is 1. The summed E-state index contributed by atoms with van der Waals surface area (Å²) >= 11 is 0. The summed E-state index contributed by atoms with van der Waals surface area (Å²) < 4.78 is 0. The average molecular weight is 183 g/mol. The molecule has 1 aliphatic carbocycles. The Morgan fingerprint density at radius 1 is 1.15 bits per heavy atom. The largest absolute Gasteiger partial charge is 0.330 e. The summed E-state index contributed by atoms with van der Waals surface area (Å²) in [6.45, 7) is 7.88. The molecule has 1 fully saturated rings. The minimum atomic E-state index is 0.477. The van der Waals surface area contributed by atoms with Gasteiger partial charge in [-0.05, 0) is 43.1 Å². The Labute approximate surface area is 83.1 Å². The van der Waals surface area contributed by atoms with Crippen LogP contribution in [0.2, 0.25) is 0 Å². The molecule has 0 aliphatic heterocycles. The van der Waals surface area contributed by atoms with Crippen molar-refractivity contribution in [2.24, 2.45) is 16.6 Å². The third kappa shape index (κ3) is 3.30. The first kappa shape index (κ1) is 11.0. The molecule has 0 radical (unpaired) electrons. The van der Waals surface area contributed by atoms with Crippen molar-refractivity contribution in [2.75, 3.05) is 6.54 Å². The van der Waals surface area contributed by atoms with Crippen LogP contribution in [0.1, 0.15) is 59.3 Å². The van der Waals surface area contributed by atoms with Crippen molar-refractivity contribution in [1.29, 1.82) is 0 Å². The number of nitrogens with two attached hydrogens (primary N) is 1. The molecule has 0 aromatic heterocycles. The van der Waals surface area contributed by atoms with Crippen molar-refractivity contribution >= 4 is 0 Å². The van der Waals surface area contributed by atoms with Crippen LogP contribution in [0.25, 0.3) is 0 Å². The lowest BCUT2D eigenvalue weighted by Gasteiger charge is -2.30. The van der Waals surface area contributed by atoms with E-state index in [-0.39, 0.29) is 0 Å². The van der Waals surface area contributed by atoms with Crippen molar-refractivity contribution in [3.63, 3.8) is 0 Å². The van der Waals surface area contributed by atoms with Gasteiger partial charge in [0, 0.05) is 0 Å². The topological polar surface area (TPSA) is 26.0 Å². The van der Waals surface area contributed by atoms with Crippen molar-refractivity contribution in [2.45, 2.75) is 59.3 Å². The van der Waals surface area contributed by atoms with Crippen LogP contribution in [0.3, 0.4) is 0 Å². The lowest BCUT2D eigenvalue weighted by atomic mass is 9.76. The zero-order chi connectivity index (χ0) is 9.95. The fourth-order valence-corrected chi connectivity index (χ4v) is 2.32. The van der Waals surface area contributed by atoms with E-state index in [0.717, 1.165) is 6.54 Å². The summed E-state index contributed by atoms with van der Waals surface area (Å²) in [6, 6.07) is 0. The molecule has 0 aromatic rings. The second-order valence-electron chi connectivity index (χ2n) is 5.97. The first-order valence-corrected chi connectivity index (χ1v) is 5.68. The van der Waals surface area contributed by atoms with Gasteiger partial charge in [0.05, 0.1) is 0 Å². The molecule has 0 atom stereocenters. The van der Waals surface area contributed by atoms with Gasteiger partial charge in [-0.25, -0.2) is 0 Å². The van der Waals surface area contributed by atoms with Gasteiger partial charge >= 0.3 is 0 Å². The summed E-state index contributed by atoms with van der Waals surface area (Å²) in [6.07, 6.45) is 8.22. The fourth-order valence-electron chi connectivity index (χ4n) is 2.32. The molecular weight excluding hydrogens is 158 g/mol. The molecule has 2 N–H and O–H groups in total. The monoisotopic (exact) mass is 183 g/mol. The van der Waals surface area contributed by atoms with Gasteiger partial charge in [0.1, 0.15) is 0 Å². The summed E-state index contributed by atoms with van der Waals surface area (Å²) in [5, 5.41) is 0. The fraction of sp³-hybridized carbons (Fsp3) is 1.00. The summed E-state index contributed by atoms with van der Waals surface area (Å²) in [4.78, 5) is 0. The number of rotatable bonds is 3. The molecule has 13 heavy (non-hydrogen) atoms. The Kier molecular flexibility index (Phi) is 3.39. The molecule has 0 unspecified atom stereocenters. The van der Waals surface area contributed by atoms with Crippen molar-refractivity contribution in [3.8, 4) is 0 Å². The molecule has 0 aromatic carbocycles. The summed E-state index contributed by atoms with van der Waals surface area (Å²) in [7, 11) is 0. The van der Waals surface area contributed by atoms with Crippen LogP contribution in [0, 0.1) is 10.8 Å². The zero-order valence-electron chi connectivity index (χ0n) is 9.53. The molecule has 78 valence electrons. The Morgan fingerprint density at radius 2 is 1.69 bits per heavy atom. The maximum atomic E-state index is 5.90. The van der Waals surface area contributed by atoms with Gasteiger partial charge in [0.2, 0.25) is 0 Å². The van der Waals surface area contributed by atoms with E-state index in [4.69, 9.17) is 5.73 Å². The van der Waals surface area contributed by atoms with Gasteiger partial charge in [0.25, 0.3) is 0 Å². The molecule has 0 saturated heterocycles. The lowest BCUT2D eigenvalue weighted by molar-refractivity contribution is 0.225. The van der Waals surface area contributed by atoms with Gasteiger partial charge in [-0.2, -0.15) is 0 Å². The van der Waals surface area contributed by atoms with Gasteiger partial charge in [-0.15, -0.1) is 0 Å². The highest BCUT2D eigenvalue weighted by Gasteiger charge is 2.32. The predicted molar refractivity (Wildman–Crippen MR) is 58.6 cm³/mol. The second-order valence-corrected chi connectivity index (χ2v) is 5.97. The highest BCUT2D eigenvalue weighted by molar-refractivity contribution is 4.86. The van der Waals surface area contributed by atoms with Crippen LogP contribution in [-0.2, 0) is 0 Å². The maximum absolute atomic E-state index is 5.90. The van der Waals surface area contributed by atoms with E-state index in [1.54, 1.807) is 0 Å². The minimum Gasteiger partial charge on any atom is -0.330 e. The number of hydrogen-bond donors (Lipinski definition) is 1. The van der Waals surface area contributed by atoms with Gasteiger partial charge in [0.15, 0.2) is 0 Å². The Balaban J connectivity index is 2.40. The van der Waals surface area contributed by atoms with Gasteiger partial charge < -0.3 is 5.73 Å². The highest BCUT2D eigenvalue weighted by Crippen LogP contribution is 2.43. The zero-order valence-corrected chi connectivity index (χ0v) is 9.53. The van der Waals surface area contributed by atoms with Crippen LogP contribution < -0.4 is 5.73 Å². The van der Waals surface area contributed by atoms with Crippen LogP contribution in [0.4, 0.5) is 0 Å². The van der Waals surface area contributed by atoms with Crippen molar-refractivity contribution < 1.29 is 0 Å². The molecule has 0 amide bonds. The van der Waals surface area contributed by atoms with E-state index in [0.29, 0.717) is 10.8 Å². The second kappa shape index (κ2) is 4.00. The van der Waals surface area contributed by atoms with Crippen molar-refractivity contribution in [3.05, 3.63) is 0 Å². The van der Waals surface area contributed by atoms with Crippen LogP contribution >= 0.6 is 0 Å². The van der Waals surface area contributed by atoms with E-state index >= 15 is 0 Å². The van der Waals surface area contributed by atoms with E-state index in [9.17, 15) is 0 Å². The summed E-state index contributed by atoms with van der Waals surface area (Å²) in [5.74, 6) is 0. The molecule has 1 nitrogen and oxygen atoms in total. The van der Waals surface area contributed by atoms with Crippen LogP contribution in [0.5, 0.6) is 0 Å². The van der Waals surface area contributed by atoms with E-state index in [1.165, 1.54) is 38.5 Å². The normalized spacial score (nSPS) is 22.2. The molecular formula is C12H25N. The predicted octanol–water partition coefficient (Wildman–Crippen LogP) is 3.33. The molecule has 1 saturated carbocycles. The quantitative estimate of drug-likeness (QED) is 0.713. The first-order chi connectivity index (χ1) is 5.97. The Morgan fingerprint density at radius 3 is 2.08 bits per heavy atom.